The lowest BCUT2D eigenvalue weighted by molar-refractivity contribution is 0.149. The molecule has 0 heterocycles. The minimum atomic E-state index is -0.555. The molecule has 0 aromatic heterocycles. The van der Waals surface area contributed by atoms with Crippen molar-refractivity contribution in [3.63, 3.8) is 0 Å². The van der Waals surface area contributed by atoms with Crippen molar-refractivity contribution in [3.8, 4) is 0 Å². The predicted octanol–water partition coefficient (Wildman–Crippen LogP) is 4.15. The average molecular weight is 290 g/mol. The van der Waals surface area contributed by atoms with Crippen LogP contribution in [0.25, 0.3) is 0 Å². The summed E-state index contributed by atoms with van der Waals surface area (Å²) in [5.74, 6) is 0. The van der Waals surface area contributed by atoms with Crippen molar-refractivity contribution in [1.29, 1.82) is 0 Å². The molecule has 18 heavy (non-hydrogen) atoms. The number of hydrogen-bond acceptors (Lipinski definition) is 2. The Hall–Kier alpha value is -0.280. The fraction of sp³-hybridized carbons (Fsp3) is 0.571. The van der Waals surface area contributed by atoms with Gasteiger partial charge in [-0.3, -0.25) is 0 Å². The van der Waals surface area contributed by atoms with Crippen LogP contribution in [0.1, 0.15) is 37.9 Å². The van der Waals surface area contributed by atoms with E-state index in [0.717, 1.165) is 13.1 Å². The van der Waals surface area contributed by atoms with Gasteiger partial charge in [-0.1, -0.05) is 48.7 Å². The highest BCUT2D eigenvalue weighted by Gasteiger charge is 2.14. The summed E-state index contributed by atoms with van der Waals surface area (Å²) >= 11 is 12.0. The molecule has 1 unspecified atom stereocenters. The van der Waals surface area contributed by atoms with Crippen LogP contribution in [0.5, 0.6) is 0 Å². The highest BCUT2D eigenvalue weighted by atomic mass is 35.5. The van der Waals surface area contributed by atoms with Gasteiger partial charge in [-0.25, -0.2) is 0 Å². The predicted molar refractivity (Wildman–Crippen MR) is 78.4 cm³/mol. The van der Waals surface area contributed by atoms with Crippen molar-refractivity contribution in [3.05, 3.63) is 33.8 Å². The Morgan fingerprint density at radius 3 is 2.67 bits per heavy atom. The van der Waals surface area contributed by atoms with Crippen molar-refractivity contribution in [2.24, 2.45) is 0 Å². The van der Waals surface area contributed by atoms with E-state index in [9.17, 15) is 5.11 Å². The summed E-state index contributed by atoms with van der Waals surface area (Å²) in [5.41, 5.74) is 0.716. The maximum Gasteiger partial charge on any atom is 0.0817 e. The van der Waals surface area contributed by atoms with Gasteiger partial charge in [0.25, 0.3) is 0 Å². The van der Waals surface area contributed by atoms with E-state index in [1.807, 2.05) is 12.1 Å². The normalized spacial score (nSPS) is 13.0. The van der Waals surface area contributed by atoms with E-state index in [1.54, 1.807) is 6.07 Å². The number of aliphatic hydroxyl groups excluding tert-OH is 1. The van der Waals surface area contributed by atoms with Crippen molar-refractivity contribution >= 4 is 23.2 Å². The van der Waals surface area contributed by atoms with E-state index >= 15 is 0 Å². The fourth-order valence-electron chi connectivity index (χ4n) is 1.82. The average Bonchev–Trinajstić information content (AvgIpc) is 2.36. The number of halogens is 2. The lowest BCUT2D eigenvalue weighted by Crippen LogP contribution is -2.22. The molecule has 0 radical (unpaired) electrons. The standard InChI is InChI=1S/C14H21Cl2NO/c1-3-4-9-17(2)10-8-13(18)11-6-5-7-12(15)14(11)16/h5-7,13,18H,3-4,8-10H2,1-2H3. The molecular weight excluding hydrogens is 269 g/mol. The molecule has 1 N–H and O–H groups in total. The zero-order valence-electron chi connectivity index (χ0n) is 11.0. The molecule has 2 nitrogen and oxygen atoms in total. The van der Waals surface area contributed by atoms with Crippen LogP contribution < -0.4 is 0 Å². The van der Waals surface area contributed by atoms with Crippen LogP contribution in [0.4, 0.5) is 0 Å². The van der Waals surface area contributed by atoms with Crippen LogP contribution in [0.3, 0.4) is 0 Å². The first kappa shape index (κ1) is 15.8. The van der Waals surface area contributed by atoms with Crippen molar-refractivity contribution in [2.45, 2.75) is 32.3 Å². The Morgan fingerprint density at radius 1 is 1.28 bits per heavy atom. The van der Waals surface area contributed by atoms with Gasteiger partial charge in [0.15, 0.2) is 0 Å². The summed E-state index contributed by atoms with van der Waals surface area (Å²) < 4.78 is 0. The van der Waals surface area contributed by atoms with Gasteiger partial charge >= 0.3 is 0 Å². The minimum absolute atomic E-state index is 0.461. The SMILES string of the molecule is CCCCN(C)CCC(O)c1cccc(Cl)c1Cl. The lowest BCUT2D eigenvalue weighted by atomic mass is 10.1. The van der Waals surface area contributed by atoms with Crippen molar-refractivity contribution < 1.29 is 5.11 Å². The number of rotatable bonds is 7. The quantitative estimate of drug-likeness (QED) is 0.815. The largest absolute Gasteiger partial charge is 0.388 e. The fourth-order valence-corrected chi connectivity index (χ4v) is 2.25. The first-order valence-corrected chi connectivity index (χ1v) is 7.12. The van der Waals surface area contributed by atoms with Crippen LogP contribution in [0.2, 0.25) is 10.0 Å². The van der Waals surface area contributed by atoms with Gasteiger partial charge in [0.2, 0.25) is 0 Å². The summed E-state index contributed by atoms with van der Waals surface area (Å²) in [6, 6.07) is 5.37. The maximum atomic E-state index is 10.1. The Bertz CT molecular complexity index is 371. The molecule has 0 aliphatic heterocycles. The third kappa shape index (κ3) is 4.77. The molecule has 1 aromatic carbocycles. The van der Waals surface area contributed by atoms with Crippen LogP contribution in [0.15, 0.2) is 18.2 Å². The smallest absolute Gasteiger partial charge is 0.0817 e. The summed E-state index contributed by atoms with van der Waals surface area (Å²) in [4.78, 5) is 2.23. The summed E-state index contributed by atoms with van der Waals surface area (Å²) in [6.07, 6.45) is 2.48. The molecule has 102 valence electrons. The Labute approximate surface area is 120 Å². The summed E-state index contributed by atoms with van der Waals surface area (Å²) in [6.45, 7) is 4.09. The van der Waals surface area contributed by atoms with Gasteiger partial charge in [0, 0.05) is 12.1 Å². The molecule has 0 bridgehead atoms. The van der Waals surface area contributed by atoms with Crippen LogP contribution >= 0.6 is 23.2 Å². The Morgan fingerprint density at radius 2 is 2.00 bits per heavy atom. The number of hydrogen-bond donors (Lipinski definition) is 1. The third-order valence-corrected chi connectivity index (χ3v) is 3.85. The van der Waals surface area contributed by atoms with E-state index in [2.05, 4.69) is 18.9 Å². The zero-order valence-corrected chi connectivity index (χ0v) is 12.5. The van der Waals surface area contributed by atoms with E-state index in [0.29, 0.717) is 22.0 Å². The van der Waals surface area contributed by atoms with Crippen LogP contribution in [-0.4, -0.2) is 30.1 Å². The second kappa shape index (κ2) is 8.00. The van der Waals surface area contributed by atoms with Gasteiger partial charge in [0.1, 0.15) is 0 Å². The summed E-state index contributed by atoms with van der Waals surface area (Å²) in [7, 11) is 2.07. The number of unbranched alkanes of at least 4 members (excludes halogenated alkanes) is 1. The molecule has 0 spiro atoms. The number of nitrogens with zero attached hydrogens (tertiary/aromatic N) is 1. The first-order valence-electron chi connectivity index (χ1n) is 6.36. The van der Waals surface area contributed by atoms with Gasteiger partial charge < -0.3 is 10.0 Å². The van der Waals surface area contributed by atoms with E-state index in [4.69, 9.17) is 23.2 Å². The second-order valence-corrected chi connectivity index (χ2v) is 5.39. The minimum Gasteiger partial charge on any atom is -0.388 e. The summed E-state index contributed by atoms with van der Waals surface area (Å²) in [5, 5.41) is 11.1. The molecule has 0 saturated carbocycles. The van der Waals surface area contributed by atoms with Gasteiger partial charge in [-0.2, -0.15) is 0 Å². The maximum absolute atomic E-state index is 10.1. The van der Waals surface area contributed by atoms with Gasteiger partial charge in [-0.05, 0) is 32.5 Å². The molecule has 4 heteroatoms. The number of benzene rings is 1. The first-order chi connectivity index (χ1) is 8.56. The Balaban J connectivity index is 2.50. The van der Waals surface area contributed by atoms with E-state index in [-0.39, 0.29) is 0 Å². The van der Waals surface area contributed by atoms with E-state index < -0.39 is 6.10 Å². The molecule has 0 amide bonds. The highest BCUT2D eigenvalue weighted by Crippen LogP contribution is 2.31. The molecular formula is C14H21Cl2NO. The van der Waals surface area contributed by atoms with Gasteiger partial charge in [0.05, 0.1) is 16.1 Å². The van der Waals surface area contributed by atoms with Crippen molar-refractivity contribution in [2.75, 3.05) is 20.1 Å². The molecule has 0 aliphatic rings. The Kier molecular flexibility index (Phi) is 7.02. The van der Waals surface area contributed by atoms with Crippen molar-refractivity contribution in [1.82, 2.24) is 4.90 Å². The molecule has 1 aromatic rings. The molecule has 1 rings (SSSR count). The van der Waals surface area contributed by atoms with Gasteiger partial charge in [-0.15, -0.1) is 0 Å². The van der Waals surface area contributed by atoms with Crippen LogP contribution in [-0.2, 0) is 0 Å². The monoisotopic (exact) mass is 289 g/mol. The highest BCUT2D eigenvalue weighted by molar-refractivity contribution is 6.42. The third-order valence-electron chi connectivity index (χ3n) is 3.02. The molecule has 0 fully saturated rings. The molecule has 0 aliphatic carbocycles. The zero-order chi connectivity index (χ0) is 13.5. The van der Waals surface area contributed by atoms with Crippen LogP contribution in [0, 0.1) is 0 Å². The lowest BCUT2D eigenvalue weighted by Gasteiger charge is -2.19. The topological polar surface area (TPSA) is 23.5 Å². The second-order valence-electron chi connectivity index (χ2n) is 4.60. The molecule has 0 saturated heterocycles. The van der Waals surface area contributed by atoms with E-state index in [1.165, 1.54) is 12.8 Å². The molecule has 1 atom stereocenters. The number of aliphatic hydroxyl groups is 1.